The molecule has 2 aromatic rings. The van der Waals surface area contributed by atoms with E-state index in [2.05, 4.69) is 30.7 Å². The summed E-state index contributed by atoms with van der Waals surface area (Å²) in [5.74, 6) is 2.45. The first kappa shape index (κ1) is 13.1. The highest BCUT2D eigenvalue weighted by Crippen LogP contribution is 2.12. The number of nitrogen functional groups attached to an aromatic ring is 1. The number of aryl methyl sites for hydroxylation is 1. The Labute approximate surface area is 111 Å². The maximum absolute atomic E-state index is 5.65. The summed E-state index contributed by atoms with van der Waals surface area (Å²) in [4.78, 5) is 12.4. The summed E-state index contributed by atoms with van der Waals surface area (Å²) in [5, 5.41) is 10.5. The third-order valence-electron chi connectivity index (χ3n) is 2.40. The van der Waals surface area contributed by atoms with Crippen LogP contribution in [-0.4, -0.2) is 37.8 Å². The second-order valence-corrected chi connectivity index (χ2v) is 4.04. The molecule has 0 radical (unpaired) electrons. The van der Waals surface area contributed by atoms with Crippen molar-refractivity contribution < 1.29 is 0 Å². The third-order valence-corrected chi connectivity index (χ3v) is 2.40. The fraction of sp³-hybridized carbons (Fsp3) is 0.455. The van der Waals surface area contributed by atoms with E-state index in [0.29, 0.717) is 18.2 Å². The number of rotatable bonds is 6. The predicted octanol–water partition coefficient (Wildman–Crippen LogP) is 0.274. The Morgan fingerprint density at radius 3 is 2.63 bits per heavy atom. The zero-order valence-electron chi connectivity index (χ0n) is 11.1. The average molecular weight is 262 g/mol. The Kier molecular flexibility index (Phi) is 4.11. The first-order chi connectivity index (χ1) is 9.17. The molecule has 0 atom stereocenters. The summed E-state index contributed by atoms with van der Waals surface area (Å²) >= 11 is 0. The summed E-state index contributed by atoms with van der Waals surface area (Å²) in [6.07, 6.45) is 2.41. The summed E-state index contributed by atoms with van der Waals surface area (Å²) in [6, 6.07) is 1.83. The lowest BCUT2D eigenvalue weighted by molar-refractivity contribution is 0.742. The van der Waals surface area contributed by atoms with Gasteiger partial charge in [-0.25, -0.2) is 4.98 Å². The number of nitrogens with two attached hydrogens (primary N) is 1. The molecule has 0 spiro atoms. The molecule has 2 heterocycles. The molecule has 8 heteroatoms. The number of nitrogens with zero attached hydrogens (tertiary/aromatic N) is 5. The number of anilines is 3. The van der Waals surface area contributed by atoms with E-state index in [9.17, 15) is 0 Å². The van der Waals surface area contributed by atoms with E-state index < -0.39 is 0 Å². The lowest BCUT2D eigenvalue weighted by Crippen LogP contribution is -2.10. The van der Waals surface area contributed by atoms with Gasteiger partial charge in [0.15, 0.2) is 5.82 Å². The van der Waals surface area contributed by atoms with Gasteiger partial charge in [0.1, 0.15) is 18.0 Å². The Morgan fingerprint density at radius 1 is 1.26 bits per heavy atom. The maximum atomic E-state index is 5.65. The van der Waals surface area contributed by atoms with Gasteiger partial charge < -0.3 is 16.4 Å². The molecule has 0 aliphatic carbocycles. The van der Waals surface area contributed by atoms with Crippen LogP contribution in [0.4, 0.5) is 17.6 Å². The second kappa shape index (κ2) is 5.98. The molecule has 0 bridgehead atoms. The van der Waals surface area contributed by atoms with Crippen molar-refractivity contribution >= 4 is 17.6 Å². The van der Waals surface area contributed by atoms with Crippen LogP contribution in [0.15, 0.2) is 12.4 Å². The van der Waals surface area contributed by atoms with Crippen molar-refractivity contribution in [3.8, 4) is 0 Å². The molecule has 19 heavy (non-hydrogen) atoms. The van der Waals surface area contributed by atoms with Crippen molar-refractivity contribution in [3.63, 3.8) is 0 Å². The molecule has 2 aromatic heterocycles. The van der Waals surface area contributed by atoms with Gasteiger partial charge in [-0.05, 0) is 6.92 Å². The van der Waals surface area contributed by atoms with Gasteiger partial charge in [0.25, 0.3) is 0 Å². The normalized spacial score (nSPS) is 10.4. The van der Waals surface area contributed by atoms with Gasteiger partial charge in [0.2, 0.25) is 5.95 Å². The predicted molar refractivity (Wildman–Crippen MR) is 73.8 cm³/mol. The van der Waals surface area contributed by atoms with Gasteiger partial charge in [0, 0.05) is 32.6 Å². The number of hydrogen-bond acceptors (Lipinski definition) is 7. The molecule has 102 valence electrons. The van der Waals surface area contributed by atoms with Crippen molar-refractivity contribution in [2.24, 2.45) is 7.05 Å². The summed E-state index contributed by atoms with van der Waals surface area (Å²) in [5.41, 5.74) is 5.65. The van der Waals surface area contributed by atoms with Crippen LogP contribution in [-0.2, 0) is 13.5 Å². The van der Waals surface area contributed by atoms with E-state index in [-0.39, 0.29) is 5.95 Å². The summed E-state index contributed by atoms with van der Waals surface area (Å²) < 4.78 is 1.68. The Morgan fingerprint density at radius 2 is 2.00 bits per heavy atom. The highest BCUT2D eigenvalue weighted by atomic mass is 15.3. The topological polar surface area (TPSA) is 107 Å². The van der Waals surface area contributed by atoms with E-state index in [4.69, 9.17) is 5.73 Å². The van der Waals surface area contributed by atoms with Crippen LogP contribution in [0, 0.1) is 0 Å². The highest BCUT2D eigenvalue weighted by Gasteiger charge is 2.02. The molecule has 0 aliphatic heterocycles. The molecule has 8 nitrogen and oxygen atoms in total. The maximum Gasteiger partial charge on any atom is 0.223 e. The van der Waals surface area contributed by atoms with Crippen molar-refractivity contribution in [1.29, 1.82) is 0 Å². The van der Waals surface area contributed by atoms with E-state index in [0.717, 1.165) is 18.8 Å². The van der Waals surface area contributed by atoms with Gasteiger partial charge in [-0.1, -0.05) is 0 Å². The molecule has 2 rings (SSSR count). The van der Waals surface area contributed by atoms with Crippen LogP contribution in [0.25, 0.3) is 0 Å². The second-order valence-electron chi connectivity index (χ2n) is 4.04. The zero-order valence-corrected chi connectivity index (χ0v) is 11.1. The van der Waals surface area contributed by atoms with E-state index in [1.54, 1.807) is 11.0 Å². The van der Waals surface area contributed by atoms with Gasteiger partial charge in [0.05, 0.1) is 0 Å². The van der Waals surface area contributed by atoms with Crippen molar-refractivity contribution in [2.45, 2.75) is 13.3 Å². The molecule has 0 saturated heterocycles. The molecule has 0 amide bonds. The first-order valence-electron chi connectivity index (χ1n) is 6.14. The quantitative estimate of drug-likeness (QED) is 0.686. The molecular formula is C11H18N8. The first-order valence-corrected chi connectivity index (χ1v) is 6.14. The average Bonchev–Trinajstić information content (AvgIpc) is 2.75. The lowest BCUT2D eigenvalue weighted by atomic mass is 10.4. The monoisotopic (exact) mass is 262 g/mol. The largest absolute Gasteiger partial charge is 0.370 e. The summed E-state index contributed by atoms with van der Waals surface area (Å²) in [7, 11) is 1.84. The molecule has 0 aliphatic rings. The van der Waals surface area contributed by atoms with Crippen LogP contribution in [0.5, 0.6) is 0 Å². The molecule has 0 saturated carbocycles. The lowest BCUT2D eigenvalue weighted by Gasteiger charge is -2.08. The van der Waals surface area contributed by atoms with Crippen LogP contribution >= 0.6 is 0 Å². The van der Waals surface area contributed by atoms with Gasteiger partial charge >= 0.3 is 0 Å². The zero-order chi connectivity index (χ0) is 13.7. The number of hydrogen-bond donors (Lipinski definition) is 3. The minimum atomic E-state index is 0.247. The molecule has 4 N–H and O–H groups in total. The molecule has 0 fully saturated rings. The van der Waals surface area contributed by atoms with Gasteiger partial charge in [-0.3, -0.25) is 4.68 Å². The summed E-state index contributed by atoms with van der Waals surface area (Å²) in [6.45, 7) is 3.47. The highest BCUT2D eigenvalue weighted by molar-refractivity contribution is 5.50. The van der Waals surface area contributed by atoms with E-state index in [1.165, 1.54) is 0 Å². The minimum absolute atomic E-state index is 0.247. The van der Waals surface area contributed by atoms with Gasteiger partial charge in [-0.15, -0.1) is 0 Å². The molecule has 0 unspecified atom stereocenters. The van der Waals surface area contributed by atoms with Crippen LogP contribution < -0.4 is 16.4 Å². The number of aromatic nitrogens is 5. The standard InChI is InChI=1S/C11H18N8/c1-3-13-9-6-10(17-11(12)16-9)14-5-4-8-15-7-19(2)18-8/h6-7H,3-5H2,1-2H3,(H4,12,13,14,16,17). The van der Waals surface area contributed by atoms with Crippen LogP contribution in [0.3, 0.4) is 0 Å². The minimum Gasteiger partial charge on any atom is -0.370 e. The molecule has 0 aromatic carbocycles. The Bertz CT molecular complexity index is 535. The van der Waals surface area contributed by atoms with Crippen LogP contribution in [0.2, 0.25) is 0 Å². The van der Waals surface area contributed by atoms with E-state index >= 15 is 0 Å². The fourth-order valence-corrected chi connectivity index (χ4v) is 1.63. The van der Waals surface area contributed by atoms with Gasteiger partial charge in [-0.2, -0.15) is 15.1 Å². The Hall–Kier alpha value is -2.38. The van der Waals surface area contributed by atoms with Crippen molar-refractivity contribution in [2.75, 3.05) is 29.5 Å². The smallest absolute Gasteiger partial charge is 0.223 e. The number of nitrogens with one attached hydrogen (secondary N) is 2. The SMILES string of the molecule is CCNc1cc(NCCc2ncn(C)n2)nc(N)n1. The molecular weight excluding hydrogens is 244 g/mol. The Balaban J connectivity index is 1.91. The van der Waals surface area contributed by atoms with Crippen molar-refractivity contribution in [1.82, 2.24) is 24.7 Å². The fourth-order valence-electron chi connectivity index (χ4n) is 1.63. The van der Waals surface area contributed by atoms with Crippen molar-refractivity contribution in [3.05, 3.63) is 18.2 Å². The van der Waals surface area contributed by atoms with E-state index in [1.807, 2.05) is 20.0 Å². The van der Waals surface area contributed by atoms with Crippen LogP contribution in [0.1, 0.15) is 12.7 Å². The third kappa shape index (κ3) is 3.80.